The molecule has 160 valence electrons. The van der Waals surface area contributed by atoms with Crippen LogP contribution in [0.3, 0.4) is 0 Å². The highest BCUT2D eigenvalue weighted by atomic mass is 16.5. The predicted octanol–water partition coefficient (Wildman–Crippen LogP) is 2.52. The Morgan fingerprint density at radius 1 is 0.690 bits per heavy atom. The highest BCUT2D eigenvalue weighted by Crippen LogP contribution is 2.39. The standard InChI is InChI=1S/C21H29NO7/c1-26-16-8-14(9-17(27-2)20(16)24)12-22(6-5-7-23)13-15-10-18(28-3)21(25)19(11-15)29-4/h8-11,23-25H,5-7,12-13H2,1-4H3. The Bertz CT molecular complexity index is 696. The molecule has 8 heteroatoms. The van der Waals surface area contributed by atoms with Crippen molar-refractivity contribution < 1.29 is 34.3 Å². The van der Waals surface area contributed by atoms with Gasteiger partial charge in [0.1, 0.15) is 0 Å². The first kappa shape index (κ1) is 22.4. The van der Waals surface area contributed by atoms with Crippen molar-refractivity contribution in [2.75, 3.05) is 41.6 Å². The van der Waals surface area contributed by atoms with Crippen LogP contribution < -0.4 is 18.9 Å². The smallest absolute Gasteiger partial charge is 0.200 e. The number of rotatable bonds is 11. The molecule has 0 saturated heterocycles. The summed E-state index contributed by atoms with van der Waals surface area (Å²) >= 11 is 0. The molecule has 0 aliphatic carbocycles. The van der Waals surface area contributed by atoms with Gasteiger partial charge in [-0.25, -0.2) is 0 Å². The van der Waals surface area contributed by atoms with Crippen LogP contribution in [0.4, 0.5) is 0 Å². The van der Waals surface area contributed by atoms with Crippen molar-refractivity contribution in [1.29, 1.82) is 0 Å². The van der Waals surface area contributed by atoms with E-state index in [0.29, 0.717) is 49.1 Å². The van der Waals surface area contributed by atoms with Crippen molar-refractivity contribution in [2.45, 2.75) is 19.5 Å². The lowest BCUT2D eigenvalue weighted by Crippen LogP contribution is -2.24. The third kappa shape index (κ3) is 5.58. The van der Waals surface area contributed by atoms with Crippen LogP contribution in [0.25, 0.3) is 0 Å². The summed E-state index contributed by atoms with van der Waals surface area (Å²) in [5.41, 5.74) is 1.76. The first-order chi connectivity index (χ1) is 14.0. The van der Waals surface area contributed by atoms with E-state index < -0.39 is 0 Å². The molecule has 8 nitrogen and oxygen atoms in total. The minimum atomic E-state index is -0.0475. The van der Waals surface area contributed by atoms with E-state index in [1.807, 2.05) is 0 Å². The maximum absolute atomic E-state index is 10.1. The lowest BCUT2D eigenvalue weighted by molar-refractivity contribution is 0.211. The first-order valence-electron chi connectivity index (χ1n) is 9.18. The van der Waals surface area contributed by atoms with E-state index in [-0.39, 0.29) is 18.1 Å². The summed E-state index contributed by atoms with van der Waals surface area (Å²) < 4.78 is 20.9. The quantitative estimate of drug-likeness (QED) is 0.522. The van der Waals surface area contributed by atoms with Gasteiger partial charge in [0, 0.05) is 26.2 Å². The summed E-state index contributed by atoms with van der Waals surface area (Å²) in [4.78, 5) is 2.12. The van der Waals surface area contributed by atoms with Gasteiger partial charge in [0.15, 0.2) is 23.0 Å². The second-order valence-corrected chi connectivity index (χ2v) is 6.49. The van der Waals surface area contributed by atoms with E-state index in [2.05, 4.69) is 4.90 Å². The molecule has 0 amide bonds. The van der Waals surface area contributed by atoms with E-state index in [4.69, 9.17) is 18.9 Å². The van der Waals surface area contributed by atoms with Gasteiger partial charge in [0.2, 0.25) is 11.5 Å². The van der Waals surface area contributed by atoms with Crippen molar-refractivity contribution in [1.82, 2.24) is 4.90 Å². The molecule has 0 atom stereocenters. The summed E-state index contributed by atoms with van der Waals surface area (Å²) in [7, 11) is 5.93. The number of aliphatic hydroxyl groups excluding tert-OH is 1. The summed E-state index contributed by atoms with van der Waals surface area (Å²) in [6.45, 7) is 1.76. The fourth-order valence-electron chi connectivity index (χ4n) is 3.10. The van der Waals surface area contributed by atoms with E-state index in [1.165, 1.54) is 28.4 Å². The minimum Gasteiger partial charge on any atom is -0.502 e. The molecule has 0 aliphatic heterocycles. The van der Waals surface area contributed by atoms with Crippen molar-refractivity contribution >= 4 is 0 Å². The Morgan fingerprint density at radius 2 is 1.03 bits per heavy atom. The highest BCUT2D eigenvalue weighted by Gasteiger charge is 2.16. The van der Waals surface area contributed by atoms with Crippen LogP contribution in [0.5, 0.6) is 34.5 Å². The number of benzene rings is 2. The van der Waals surface area contributed by atoms with E-state index in [9.17, 15) is 15.3 Å². The Morgan fingerprint density at radius 3 is 1.31 bits per heavy atom. The topological polar surface area (TPSA) is 101 Å². The zero-order valence-electron chi connectivity index (χ0n) is 17.3. The van der Waals surface area contributed by atoms with Crippen LogP contribution in [-0.2, 0) is 13.1 Å². The second-order valence-electron chi connectivity index (χ2n) is 6.49. The van der Waals surface area contributed by atoms with E-state index in [0.717, 1.165) is 11.1 Å². The third-order valence-corrected chi connectivity index (χ3v) is 4.52. The third-order valence-electron chi connectivity index (χ3n) is 4.52. The number of aromatic hydroxyl groups is 2. The van der Waals surface area contributed by atoms with Gasteiger partial charge in [-0.05, 0) is 41.8 Å². The van der Waals surface area contributed by atoms with Gasteiger partial charge in [-0.1, -0.05) is 0 Å². The van der Waals surface area contributed by atoms with Crippen LogP contribution in [0.1, 0.15) is 17.5 Å². The zero-order valence-corrected chi connectivity index (χ0v) is 17.3. The van der Waals surface area contributed by atoms with Crippen LogP contribution in [0.15, 0.2) is 24.3 Å². The fourth-order valence-corrected chi connectivity index (χ4v) is 3.10. The van der Waals surface area contributed by atoms with Crippen LogP contribution in [-0.4, -0.2) is 61.8 Å². The number of methoxy groups -OCH3 is 4. The Hall–Kier alpha value is -2.84. The van der Waals surface area contributed by atoms with Gasteiger partial charge in [0.25, 0.3) is 0 Å². The van der Waals surface area contributed by atoms with Crippen molar-refractivity contribution in [2.24, 2.45) is 0 Å². The van der Waals surface area contributed by atoms with Gasteiger partial charge in [-0.2, -0.15) is 0 Å². The second kappa shape index (κ2) is 10.6. The Kier molecular flexibility index (Phi) is 8.23. The maximum atomic E-state index is 10.1. The predicted molar refractivity (Wildman–Crippen MR) is 108 cm³/mol. The molecule has 0 bridgehead atoms. The summed E-state index contributed by atoms with van der Waals surface area (Å²) in [5, 5.41) is 29.5. The normalized spacial score (nSPS) is 10.8. The van der Waals surface area contributed by atoms with E-state index >= 15 is 0 Å². The maximum Gasteiger partial charge on any atom is 0.200 e. The van der Waals surface area contributed by atoms with Gasteiger partial charge < -0.3 is 34.3 Å². The molecule has 0 unspecified atom stereocenters. The SMILES string of the molecule is COc1cc(CN(CCCO)Cc2cc(OC)c(O)c(OC)c2)cc(OC)c1O. The van der Waals surface area contributed by atoms with Crippen molar-refractivity contribution in [3.63, 3.8) is 0 Å². The monoisotopic (exact) mass is 407 g/mol. The molecule has 0 aromatic heterocycles. The average Bonchev–Trinajstić information content (AvgIpc) is 2.73. The van der Waals surface area contributed by atoms with Gasteiger partial charge >= 0.3 is 0 Å². The van der Waals surface area contributed by atoms with Crippen LogP contribution in [0, 0.1) is 0 Å². The lowest BCUT2D eigenvalue weighted by Gasteiger charge is -2.24. The molecular formula is C21H29NO7. The molecule has 2 aromatic carbocycles. The van der Waals surface area contributed by atoms with Gasteiger partial charge in [-0.3, -0.25) is 4.90 Å². The zero-order chi connectivity index (χ0) is 21.4. The molecule has 0 fully saturated rings. The number of phenolic OH excluding ortho intramolecular Hbond substituents is 2. The molecule has 29 heavy (non-hydrogen) atoms. The Labute approximate surface area is 170 Å². The molecule has 0 spiro atoms. The van der Waals surface area contributed by atoms with Crippen molar-refractivity contribution in [3.05, 3.63) is 35.4 Å². The molecule has 0 heterocycles. The van der Waals surface area contributed by atoms with Gasteiger partial charge in [-0.15, -0.1) is 0 Å². The van der Waals surface area contributed by atoms with Crippen LogP contribution >= 0.6 is 0 Å². The van der Waals surface area contributed by atoms with Gasteiger partial charge in [0.05, 0.1) is 28.4 Å². The first-order valence-corrected chi connectivity index (χ1v) is 9.18. The molecule has 0 radical (unpaired) electrons. The molecule has 2 rings (SSSR count). The van der Waals surface area contributed by atoms with Crippen molar-refractivity contribution in [3.8, 4) is 34.5 Å². The number of hydrogen-bond donors (Lipinski definition) is 3. The molecule has 3 N–H and O–H groups in total. The van der Waals surface area contributed by atoms with E-state index in [1.54, 1.807) is 24.3 Å². The largest absolute Gasteiger partial charge is 0.502 e. The lowest BCUT2D eigenvalue weighted by atomic mass is 10.1. The number of hydrogen-bond acceptors (Lipinski definition) is 8. The molecule has 2 aromatic rings. The number of aliphatic hydroxyl groups is 1. The van der Waals surface area contributed by atoms with Crippen LogP contribution in [0.2, 0.25) is 0 Å². The number of nitrogens with zero attached hydrogens (tertiary/aromatic N) is 1. The number of phenols is 2. The minimum absolute atomic E-state index is 0.0475. The molecular weight excluding hydrogens is 378 g/mol. The summed E-state index contributed by atoms with van der Waals surface area (Å²) in [5.74, 6) is 1.22. The Balaban J connectivity index is 2.31. The average molecular weight is 407 g/mol. The molecule has 0 saturated carbocycles. The molecule has 0 aliphatic rings. The summed E-state index contributed by atoms with van der Waals surface area (Å²) in [6, 6.07) is 7.01. The highest BCUT2D eigenvalue weighted by molar-refractivity contribution is 5.53. The number of ether oxygens (including phenoxy) is 4. The fraction of sp³-hybridized carbons (Fsp3) is 0.429. The summed E-state index contributed by atoms with van der Waals surface area (Å²) in [6.07, 6.45) is 0.596.